The van der Waals surface area contributed by atoms with E-state index >= 15 is 0 Å². The van der Waals surface area contributed by atoms with Gasteiger partial charge in [0.1, 0.15) is 0 Å². The van der Waals surface area contributed by atoms with E-state index in [1.54, 1.807) is 34.9 Å². The quantitative estimate of drug-likeness (QED) is 0.720. The van der Waals surface area contributed by atoms with Crippen LogP contribution in [0.25, 0.3) is 0 Å². The van der Waals surface area contributed by atoms with E-state index < -0.39 is 0 Å². The van der Waals surface area contributed by atoms with Crippen LogP contribution in [0.15, 0.2) is 47.4 Å². The third kappa shape index (κ3) is 4.98. The van der Waals surface area contributed by atoms with Crippen LogP contribution in [0.2, 0.25) is 10.0 Å². The third-order valence-corrected chi connectivity index (χ3v) is 6.12. The standard InChI is InChI=1S/C20H20Cl2N2O2S/c1-2-9-24(12-19(25)23-16-8-7-14(21)11-15(16)22)20(26)18-10-13-5-3-4-6-17(13)27-18/h3-8,11,18H,2,9-10,12H2,1H3,(H,23,25). The molecule has 1 N–H and O–H groups in total. The van der Waals surface area contributed by atoms with E-state index in [-0.39, 0.29) is 23.6 Å². The normalized spacial score (nSPS) is 15.3. The van der Waals surface area contributed by atoms with E-state index in [0.717, 1.165) is 11.3 Å². The first-order valence-electron chi connectivity index (χ1n) is 8.76. The van der Waals surface area contributed by atoms with Gasteiger partial charge in [0, 0.05) is 16.5 Å². The van der Waals surface area contributed by atoms with Crippen LogP contribution in [0, 0.1) is 0 Å². The third-order valence-electron chi connectivity index (χ3n) is 4.27. The van der Waals surface area contributed by atoms with Crippen molar-refractivity contribution < 1.29 is 9.59 Å². The highest BCUT2D eigenvalue weighted by molar-refractivity contribution is 8.01. The zero-order valence-corrected chi connectivity index (χ0v) is 17.2. The topological polar surface area (TPSA) is 49.4 Å². The molecule has 142 valence electrons. The number of carbonyl (C=O) groups excluding carboxylic acids is 2. The van der Waals surface area contributed by atoms with Gasteiger partial charge in [0.2, 0.25) is 11.8 Å². The Morgan fingerprint density at radius 1 is 1.22 bits per heavy atom. The fourth-order valence-corrected chi connectivity index (χ4v) is 4.75. The number of rotatable bonds is 6. The summed E-state index contributed by atoms with van der Waals surface area (Å²) in [6.45, 7) is 2.53. The van der Waals surface area contributed by atoms with Crippen LogP contribution in [-0.2, 0) is 16.0 Å². The fourth-order valence-electron chi connectivity index (χ4n) is 3.01. The summed E-state index contributed by atoms with van der Waals surface area (Å²) in [6.07, 6.45) is 1.48. The molecule has 2 amide bonds. The maximum absolute atomic E-state index is 13.0. The molecule has 0 aliphatic carbocycles. The van der Waals surface area contributed by atoms with Crippen molar-refractivity contribution in [1.82, 2.24) is 4.90 Å². The number of nitrogens with one attached hydrogen (secondary N) is 1. The highest BCUT2D eigenvalue weighted by atomic mass is 35.5. The van der Waals surface area contributed by atoms with Crippen molar-refractivity contribution in [3.8, 4) is 0 Å². The van der Waals surface area contributed by atoms with Gasteiger partial charge in [0.05, 0.1) is 22.5 Å². The molecule has 0 aromatic heterocycles. The summed E-state index contributed by atoms with van der Waals surface area (Å²) >= 11 is 13.6. The molecular weight excluding hydrogens is 403 g/mol. The second-order valence-electron chi connectivity index (χ2n) is 6.35. The van der Waals surface area contributed by atoms with Crippen LogP contribution >= 0.6 is 35.0 Å². The molecule has 7 heteroatoms. The van der Waals surface area contributed by atoms with Crippen LogP contribution < -0.4 is 5.32 Å². The molecule has 1 aliphatic rings. The predicted octanol–water partition coefficient (Wildman–Crippen LogP) is 4.89. The first-order valence-corrected chi connectivity index (χ1v) is 10.4. The maximum atomic E-state index is 13.0. The van der Waals surface area contributed by atoms with Gasteiger partial charge < -0.3 is 10.2 Å². The van der Waals surface area contributed by atoms with Gasteiger partial charge in [-0.2, -0.15) is 0 Å². The van der Waals surface area contributed by atoms with Gasteiger partial charge in [-0.05, 0) is 42.7 Å². The monoisotopic (exact) mass is 422 g/mol. The summed E-state index contributed by atoms with van der Waals surface area (Å²) in [7, 11) is 0. The first-order chi connectivity index (χ1) is 13.0. The number of fused-ring (bicyclic) bond motifs is 1. The Morgan fingerprint density at radius 2 is 2.00 bits per heavy atom. The molecule has 1 atom stereocenters. The molecular formula is C20H20Cl2N2O2S. The van der Waals surface area contributed by atoms with Crippen molar-refractivity contribution in [2.75, 3.05) is 18.4 Å². The first kappa shape index (κ1) is 20.1. The second-order valence-corrected chi connectivity index (χ2v) is 8.44. The van der Waals surface area contributed by atoms with Crippen molar-refractivity contribution >= 4 is 52.5 Å². The number of hydrogen-bond acceptors (Lipinski definition) is 3. The van der Waals surface area contributed by atoms with Gasteiger partial charge >= 0.3 is 0 Å². The lowest BCUT2D eigenvalue weighted by molar-refractivity contribution is -0.134. The Balaban J connectivity index is 1.65. The Bertz CT molecular complexity index is 835. The largest absolute Gasteiger partial charge is 0.332 e. The van der Waals surface area contributed by atoms with Gasteiger partial charge in [-0.25, -0.2) is 0 Å². The molecule has 0 bridgehead atoms. The van der Waals surface area contributed by atoms with Gasteiger partial charge in [-0.3, -0.25) is 9.59 Å². The van der Waals surface area contributed by atoms with Crippen LogP contribution in [0.5, 0.6) is 0 Å². The summed E-state index contributed by atoms with van der Waals surface area (Å²) in [5.41, 5.74) is 1.67. The number of anilines is 1. The second kappa shape index (κ2) is 9.00. The Morgan fingerprint density at radius 3 is 2.70 bits per heavy atom. The summed E-state index contributed by atoms with van der Waals surface area (Å²) in [6, 6.07) is 12.9. The average molecular weight is 423 g/mol. The number of carbonyl (C=O) groups is 2. The highest BCUT2D eigenvalue weighted by Crippen LogP contribution is 2.37. The van der Waals surface area contributed by atoms with Crippen LogP contribution in [0.3, 0.4) is 0 Å². The summed E-state index contributed by atoms with van der Waals surface area (Å²) in [5.74, 6) is -0.281. The van der Waals surface area contributed by atoms with Crippen molar-refractivity contribution in [1.29, 1.82) is 0 Å². The number of nitrogens with zero attached hydrogens (tertiary/aromatic N) is 1. The lowest BCUT2D eigenvalue weighted by Gasteiger charge is -2.24. The minimum atomic E-state index is -0.276. The van der Waals surface area contributed by atoms with Crippen LogP contribution in [0.4, 0.5) is 5.69 Å². The molecule has 3 rings (SSSR count). The maximum Gasteiger partial charge on any atom is 0.244 e. The molecule has 1 aliphatic heterocycles. The minimum absolute atomic E-state index is 0.000958. The molecule has 2 aromatic carbocycles. The fraction of sp³-hybridized carbons (Fsp3) is 0.300. The summed E-state index contributed by atoms with van der Waals surface area (Å²) in [4.78, 5) is 28.2. The molecule has 2 aromatic rings. The predicted molar refractivity (Wildman–Crippen MR) is 112 cm³/mol. The Hall–Kier alpha value is -1.69. The molecule has 0 saturated heterocycles. The van der Waals surface area contributed by atoms with Gasteiger partial charge in [0.15, 0.2) is 0 Å². The van der Waals surface area contributed by atoms with E-state index in [9.17, 15) is 9.59 Å². The molecule has 1 unspecified atom stereocenters. The molecule has 0 fully saturated rings. The summed E-state index contributed by atoms with van der Waals surface area (Å²) in [5, 5.41) is 3.44. The minimum Gasteiger partial charge on any atom is -0.332 e. The Kier molecular flexibility index (Phi) is 6.68. The van der Waals surface area contributed by atoms with E-state index in [4.69, 9.17) is 23.2 Å². The number of hydrogen-bond donors (Lipinski definition) is 1. The van der Waals surface area contributed by atoms with E-state index in [2.05, 4.69) is 11.4 Å². The highest BCUT2D eigenvalue weighted by Gasteiger charge is 2.31. The zero-order valence-electron chi connectivity index (χ0n) is 14.9. The van der Waals surface area contributed by atoms with Crippen molar-refractivity contribution in [3.63, 3.8) is 0 Å². The molecule has 1 heterocycles. The van der Waals surface area contributed by atoms with E-state index in [1.807, 2.05) is 25.1 Å². The average Bonchev–Trinajstić information content (AvgIpc) is 3.07. The molecule has 0 saturated carbocycles. The molecule has 27 heavy (non-hydrogen) atoms. The lowest BCUT2D eigenvalue weighted by atomic mass is 10.1. The molecule has 0 spiro atoms. The van der Waals surface area contributed by atoms with E-state index in [0.29, 0.717) is 28.7 Å². The van der Waals surface area contributed by atoms with Crippen molar-refractivity contribution in [2.45, 2.75) is 29.9 Å². The van der Waals surface area contributed by atoms with Gasteiger partial charge in [0.25, 0.3) is 0 Å². The lowest BCUT2D eigenvalue weighted by Crippen LogP contribution is -2.42. The number of thioether (sulfide) groups is 1. The Labute approximate surface area is 173 Å². The number of amides is 2. The van der Waals surface area contributed by atoms with Gasteiger partial charge in [-0.15, -0.1) is 11.8 Å². The van der Waals surface area contributed by atoms with Crippen molar-refractivity contribution in [3.05, 3.63) is 58.1 Å². The van der Waals surface area contributed by atoms with E-state index in [1.165, 1.54) is 5.56 Å². The van der Waals surface area contributed by atoms with Crippen molar-refractivity contribution in [2.24, 2.45) is 0 Å². The number of halogens is 2. The zero-order chi connectivity index (χ0) is 19.4. The smallest absolute Gasteiger partial charge is 0.244 e. The van der Waals surface area contributed by atoms with Crippen LogP contribution in [0.1, 0.15) is 18.9 Å². The van der Waals surface area contributed by atoms with Gasteiger partial charge in [-0.1, -0.05) is 48.3 Å². The van der Waals surface area contributed by atoms with Crippen LogP contribution in [-0.4, -0.2) is 35.1 Å². The SMILES string of the molecule is CCCN(CC(=O)Nc1ccc(Cl)cc1Cl)C(=O)C1Cc2ccccc2S1. The summed E-state index contributed by atoms with van der Waals surface area (Å²) < 4.78 is 0. The molecule has 4 nitrogen and oxygen atoms in total. The number of benzene rings is 2. The molecule has 0 radical (unpaired) electrons.